The van der Waals surface area contributed by atoms with Gasteiger partial charge in [0.05, 0.1) is 17.7 Å². The van der Waals surface area contributed by atoms with Crippen molar-refractivity contribution in [2.45, 2.75) is 26.4 Å². The second-order valence-electron chi connectivity index (χ2n) is 6.85. The van der Waals surface area contributed by atoms with Crippen molar-refractivity contribution in [3.05, 3.63) is 58.5 Å². The number of aliphatic carboxylic acids is 1. The van der Waals surface area contributed by atoms with Crippen molar-refractivity contribution >= 4 is 46.4 Å². The number of carbonyl (C=O) groups excluding carboxylic acids is 2. The van der Waals surface area contributed by atoms with Gasteiger partial charge in [-0.3, -0.25) is 9.59 Å². The van der Waals surface area contributed by atoms with Gasteiger partial charge in [0.25, 0.3) is 5.91 Å². The average Bonchev–Trinajstić information content (AvgIpc) is 3.11. The third-order valence-corrected chi connectivity index (χ3v) is 5.47. The Bertz CT molecular complexity index is 1110. The van der Waals surface area contributed by atoms with E-state index in [-0.39, 0.29) is 11.7 Å². The van der Waals surface area contributed by atoms with Gasteiger partial charge in [0.1, 0.15) is 0 Å². The molecule has 9 heteroatoms. The predicted molar refractivity (Wildman–Crippen MR) is 123 cm³/mol. The number of ketones is 1. The zero-order chi connectivity index (χ0) is 23.3. The van der Waals surface area contributed by atoms with E-state index in [1.807, 2.05) is 0 Å². The van der Waals surface area contributed by atoms with E-state index in [9.17, 15) is 19.5 Å². The van der Waals surface area contributed by atoms with Gasteiger partial charge >= 0.3 is 5.97 Å². The number of hydrogen-bond acceptors (Lipinski definition) is 7. The molecule has 1 fully saturated rings. The molecule has 0 saturated carbocycles. The summed E-state index contributed by atoms with van der Waals surface area (Å²) in [5, 5.41) is 12.3. The number of carboxylic acids is 1. The highest BCUT2D eigenvalue weighted by atomic mass is 32.2. The molecule has 2 N–H and O–H groups in total. The van der Waals surface area contributed by atoms with Crippen molar-refractivity contribution < 1.29 is 29.0 Å². The Morgan fingerprint density at radius 2 is 1.91 bits per heavy atom. The van der Waals surface area contributed by atoms with Gasteiger partial charge in [-0.25, -0.2) is 9.79 Å². The Morgan fingerprint density at radius 3 is 2.50 bits per heavy atom. The number of Topliss-reactive ketones (excluding diaryl/α,β-unsaturated/α-hetero) is 1. The molecule has 2 aromatic carbocycles. The van der Waals surface area contributed by atoms with Crippen LogP contribution in [-0.4, -0.2) is 41.1 Å². The topological polar surface area (TPSA) is 114 Å². The molecule has 1 aliphatic heterocycles. The first kappa shape index (κ1) is 23.1. The lowest BCUT2D eigenvalue weighted by molar-refractivity contribution is -0.145. The van der Waals surface area contributed by atoms with Gasteiger partial charge in [-0.05, 0) is 73.1 Å². The maximum absolute atomic E-state index is 12.4. The molecule has 0 aliphatic carbocycles. The highest BCUT2D eigenvalue weighted by Gasteiger charge is 2.24. The minimum absolute atomic E-state index is 0.0296. The SMILES string of the molecule is CCC(Oc1ccc(/C=C2/SC(=Nc3ccc(C(C)=O)cc3)NC2=O)cc1OC)C(=O)O. The summed E-state index contributed by atoms with van der Waals surface area (Å²) in [6, 6.07) is 11.8. The summed E-state index contributed by atoms with van der Waals surface area (Å²) in [5.41, 5.74) is 1.89. The molecule has 32 heavy (non-hydrogen) atoms. The lowest BCUT2D eigenvalue weighted by atomic mass is 10.1. The van der Waals surface area contributed by atoms with Crippen molar-refractivity contribution in [2.75, 3.05) is 7.11 Å². The minimum Gasteiger partial charge on any atom is -0.493 e. The van der Waals surface area contributed by atoms with Crippen LogP contribution < -0.4 is 14.8 Å². The molecule has 0 radical (unpaired) electrons. The summed E-state index contributed by atoms with van der Waals surface area (Å²) < 4.78 is 10.9. The lowest BCUT2D eigenvalue weighted by Crippen LogP contribution is -2.26. The molecule has 2 aromatic rings. The zero-order valence-electron chi connectivity index (χ0n) is 17.7. The second kappa shape index (κ2) is 10.1. The van der Waals surface area contributed by atoms with Gasteiger partial charge in [-0.2, -0.15) is 0 Å². The number of carbonyl (C=O) groups is 3. The van der Waals surface area contributed by atoms with Crippen LogP contribution in [0.25, 0.3) is 6.08 Å². The summed E-state index contributed by atoms with van der Waals surface area (Å²) in [6.07, 6.45) is 1.01. The molecule has 1 amide bonds. The van der Waals surface area contributed by atoms with E-state index in [4.69, 9.17) is 9.47 Å². The number of ether oxygens (including phenoxy) is 2. The second-order valence-corrected chi connectivity index (χ2v) is 7.88. The maximum Gasteiger partial charge on any atom is 0.344 e. The number of thioether (sulfide) groups is 1. The van der Waals surface area contributed by atoms with Gasteiger partial charge in [-0.1, -0.05) is 13.0 Å². The van der Waals surface area contributed by atoms with Crippen LogP contribution in [0.3, 0.4) is 0 Å². The largest absolute Gasteiger partial charge is 0.493 e. The van der Waals surface area contributed by atoms with Gasteiger partial charge in [0, 0.05) is 5.56 Å². The maximum atomic E-state index is 12.4. The van der Waals surface area contributed by atoms with E-state index in [1.165, 1.54) is 25.8 Å². The van der Waals surface area contributed by atoms with Crippen LogP contribution in [0.1, 0.15) is 36.2 Å². The molecule has 1 saturated heterocycles. The Morgan fingerprint density at radius 1 is 1.19 bits per heavy atom. The quantitative estimate of drug-likeness (QED) is 0.457. The fraction of sp³-hybridized carbons (Fsp3) is 0.217. The van der Waals surface area contributed by atoms with Crippen molar-refractivity contribution in [3.63, 3.8) is 0 Å². The van der Waals surface area contributed by atoms with E-state index < -0.39 is 12.1 Å². The summed E-state index contributed by atoms with van der Waals surface area (Å²) >= 11 is 1.19. The summed E-state index contributed by atoms with van der Waals surface area (Å²) in [5.74, 6) is -0.698. The first-order chi connectivity index (χ1) is 15.3. The molecule has 166 valence electrons. The minimum atomic E-state index is -1.05. The smallest absolute Gasteiger partial charge is 0.344 e. The number of methoxy groups -OCH3 is 1. The molecule has 1 aliphatic rings. The fourth-order valence-electron chi connectivity index (χ4n) is 2.85. The van der Waals surface area contributed by atoms with E-state index in [1.54, 1.807) is 55.5 Å². The molecular formula is C23H22N2O6S. The summed E-state index contributed by atoms with van der Waals surface area (Å²) in [4.78, 5) is 39.8. The van der Waals surface area contributed by atoms with Crippen LogP contribution in [0.4, 0.5) is 5.69 Å². The lowest BCUT2D eigenvalue weighted by Gasteiger charge is -2.16. The third kappa shape index (κ3) is 5.55. The highest BCUT2D eigenvalue weighted by molar-refractivity contribution is 8.18. The first-order valence-corrected chi connectivity index (χ1v) is 10.6. The normalized spacial score (nSPS) is 16.7. The van der Waals surface area contributed by atoms with Gasteiger partial charge in [-0.15, -0.1) is 0 Å². The molecule has 0 spiro atoms. The van der Waals surface area contributed by atoms with Crippen molar-refractivity contribution in [3.8, 4) is 11.5 Å². The van der Waals surface area contributed by atoms with Crippen molar-refractivity contribution in [1.29, 1.82) is 0 Å². The standard InChI is InChI=1S/C23H22N2O6S/c1-4-17(22(28)29)31-18-10-5-14(11-19(18)30-3)12-20-21(27)25-23(32-20)24-16-8-6-15(7-9-16)13(2)26/h5-12,17H,4H2,1-3H3,(H,28,29)(H,24,25,27)/b20-12+. The summed E-state index contributed by atoms with van der Waals surface area (Å²) in [7, 11) is 1.46. The number of amides is 1. The molecule has 8 nitrogen and oxygen atoms in total. The Hall–Kier alpha value is -3.59. The number of aliphatic imine (C=N–C) groups is 1. The highest BCUT2D eigenvalue weighted by Crippen LogP contribution is 2.33. The molecule has 0 aromatic heterocycles. The Balaban J connectivity index is 1.78. The molecule has 3 rings (SSSR count). The van der Waals surface area contributed by atoms with E-state index in [2.05, 4.69) is 10.3 Å². The number of nitrogens with one attached hydrogen (secondary N) is 1. The predicted octanol–water partition coefficient (Wildman–Crippen LogP) is 4.03. The number of carboxylic acid groups (broad SMARTS) is 1. The molecule has 1 heterocycles. The van der Waals surface area contributed by atoms with Crippen molar-refractivity contribution in [1.82, 2.24) is 5.32 Å². The number of rotatable bonds is 8. The van der Waals surface area contributed by atoms with Crippen LogP contribution in [0.5, 0.6) is 11.5 Å². The monoisotopic (exact) mass is 454 g/mol. The van der Waals surface area contributed by atoms with Gasteiger partial charge in [0.2, 0.25) is 0 Å². The van der Waals surface area contributed by atoms with Crippen molar-refractivity contribution in [2.24, 2.45) is 4.99 Å². The van der Waals surface area contributed by atoms with E-state index in [0.29, 0.717) is 44.8 Å². The first-order valence-electron chi connectivity index (χ1n) is 9.78. The zero-order valence-corrected chi connectivity index (χ0v) is 18.6. The van der Waals surface area contributed by atoms with Gasteiger partial charge in [0.15, 0.2) is 28.6 Å². The van der Waals surface area contributed by atoms with Crippen LogP contribution in [0.15, 0.2) is 52.4 Å². The van der Waals surface area contributed by atoms with Crippen LogP contribution in [0, 0.1) is 0 Å². The van der Waals surface area contributed by atoms with Crippen LogP contribution in [0.2, 0.25) is 0 Å². The Labute approximate surface area is 189 Å². The summed E-state index contributed by atoms with van der Waals surface area (Å²) in [6.45, 7) is 3.21. The number of nitrogens with zero attached hydrogens (tertiary/aromatic N) is 1. The van der Waals surface area contributed by atoms with E-state index >= 15 is 0 Å². The molecule has 1 unspecified atom stereocenters. The molecule has 0 bridgehead atoms. The fourth-order valence-corrected chi connectivity index (χ4v) is 3.69. The number of benzene rings is 2. The average molecular weight is 455 g/mol. The van der Waals surface area contributed by atoms with E-state index in [0.717, 1.165) is 0 Å². The van der Waals surface area contributed by atoms with Crippen LogP contribution >= 0.6 is 11.8 Å². The Kier molecular flexibility index (Phi) is 7.32. The van der Waals surface area contributed by atoms with Gasteiger partial charge < -0.3 is 19.9 Å². The molecule has 1 atom stereocenters. The third-order valence-electron chi connectivity index (χ3n) is 4.56. The molecular weight excluding hydrogens is 432 g/mol. The number of hydrogen-bond donors (Lipinski definition) is 2. The number of amidine groups is 1. The van der Waals surface area contributed by atoms with Crippen LogP contribution in [-0.2, 0) is 9.59 Å².